The Morgan fingerprint density at radius 3 is 2.07 bits per heavy atom. The number of aliphatic carboxylic acids is 2. The topological polar surface area (TPSA) is 107 Å². The van der Waals surface area contributed by atoms with Gasteiger partial charge in [-0.1, -0.05) is 28.1 Å². The first-order valence-corrected chi connectivity index (χ1v) is 9.95. The molecule has 0 spiro atoms. The van der Waals surface area contributed by atoms with Crippen molar-refractivity contribution in [3.05, 3.63) is 64.1 Å². The average molecular weight is 479 g/mol. The lowest BCUT2D eigenvalue weighted by atomic mass is 10.1. The van der Waals surface area contributed by atoms with Crippen LogP contribution in [-0.4, -0.2) is 71.1 Å². The van der Waals surface area contributed by atoms with E-state index in [0.29, 0.717) is 0 Å². The molecule has 30 heavy (non-hydrogen) atoms. The molecule has 2 aromatic rings. The number of ether oxygens (including phenoxy) is 1. The fraction of sp³-hybridized carbons (Fsp3) is 0.286. The summed E-state index contributed by atoms with van der Waals surface area (Å²) in [6.07, 6.45) is 0. The first-order chi connectivity index (χ1) is 14.3. The number of carbonyl (C=O) groups is 3. The molecule has 1 heterocycles. The monoisotopic (exact) mass is 478 g/mol. The lowest BCUT2D eigenvalue weighted by molar-refractivity contribution is -0.159. The maximum absolute atomic E-state index is 12.6. The normalized spacial score (nSPS) is 13.7. The minimum atomic E-state index is -1.82. The molecule has 1 aliphatic rings. The van der Waals surface area contributed by atoms with Crippen LogP contribution in [-0.2, 0) is 16.1 Å². The number of hydrogen-bond acceptors (Lipinski definition) is 5. The number of piperazine rings is 1. The highest BCUT2D eigenvalue weighted by molar-refractivity contribution is 9.10. The molecule has 2 N–H and O–H groups in total. The van der Waals surface area contributed by atoms with E-state index in [-0.39, 0.29) is 5.91 Å². The third kappa shape index (κ3) is 7.16. The van der Waals surface area contributed by atoms with Crippen LogP contribution in [0.4, 0.5) is 0 Å². The van der Waals surface area contributed by atoms with Crippen LogP contribution in [0.1, 0.15) is 15.9 Å². The maximum Gasteiger partial charge on any atom is 0.414 e. The molecular formula is C21H23BrN2O6. The molecular weight excluding hydrogens is 456 g/mol. The zero-order chi connectivity index (χ0) is 22.1. The molecule has 0 aromatic heterocycles. The number of nitrogens with zero attached hydrogens (tertiary/aromatic N) is 2. The number of halogens is 1. The molecule has 0 aliphatic carbocycles. The van der Waals surface area contributed by atoms with Gasteiger partial charge in [0.15, 0.2) is 0 Å². The van der Waals surface area contributed by atoms with E-state index >= 15 is 0 Å². The summed E-state index contributed by atoms with van der Waals surface area (Å²) in [7, 11) is 1.63. The Morgan fingerprint density at radius 1 is 0.967 bits per heavy atom. The van der Waals surface area contributed by atoms with Crippen LogP contribution in [0.3, 0.4) is 0 Å². The van der Waals surface area contributed by atoms with Gasteiger partial charge < -0.3 is 19.8 Å². The maximum atomic E-state index is 12.6. The van der Waals surface area contributed by atoms with Crippen LogP contribution in [0.25, 0.3) is 0 Å². The predicted molar refractivity (Wildman–Crippen MR) is 114 cm³/mol. The van der Waals surface area contributed by atoms with Gasteiger partial charge in [-0.25, -0.2) is 9.59 Å². The number of carboxylic acids is 2. The van der Waals surface area contributed by atoms with Crippen molar-refractivity contribution in [3.63, 3.8) is 0 Å². The van der Waals surface area contributed by atoms with Gasteiger partial charge in [0.25, 0.3) is 5.91 Å². The van der Waals surface area contributed by atoms with Gasteiger partial charge in [-0.05, 0) is 42.0 Å². The number of amides is 1. The highest BCUT2D eigenvalue weighted by atomic mass is 79.9. The number of carboxylic acid groups (broad SMARTS) is 2. The molecule has 2 aromatic carbocycles. The van der Waals surface area contributed by atoms with Crippen molar-refractivity contribution in [2.24, 2.45) is 0 Å². The summed E-state index contributed by atoms with van der Waals surface area (Å²) >= 11 is 3.51. The SMILES string of the molecule is COc1ccc(C(=O)N2CCN(Cc3cccc(Br)c3)CC2)cc1.O=C(O)C(=O)O. The van der Waals surface area contributed by atoms with Gasteiger partial charge in [-0.15, -0.1) is 0 Å². The Kier molecular flexibility index (Phi) is 8.82. The first kappa shape index (κ1) is 23.4. The molecule has 0 unspecified atom stereocenters. The lowest BCUT2D eigenvalue weighted by Crippen LogP contribution is -2.48. The van der Waals surface area contributed by atoms with E-state index < -0.39 is 11.9 Å². The van der Waals surface area contributed by atoms with Crippen molar-refractivity contribution < 1.29 is 29.3 Å². The van der Waals surface area contributed by atoms with Gasteiger partial charge in [0.1, 0.15) is 5.75 Å². The smallest absolute Gasteiger partial charge is 0.414 e. The zero-order valence-corrected chi connectivity index (χ0v) is 18.0. The van der Waals surface area contributed by atoms with Gasteiger partial charge in [-0.3, -0.25) is 9.69 Å². The molecule has 1 saturated heterocycles. The molecule has 9 heteroatoms. The first-order valence-electron chi connectivity index (χ1n) is 9.16. The summed E-state index contributed by atoms with van der Waals surface area (Å²) in [5, 5.41) is 14.8. The average Bonchev–Trinajstić information content (AvgIpc) is 2.74. The van der Waals surface area contributed by atoms with Crippen molar-refractivity contribution in [1.82, 2.24) is 9.80 Å². The van der Waals surface area contributed by atoms with Crippen LogP contribution in [0.5, 0.6) is 5.75 Å². The van der Waals surface area contributed by atoms with E-state index in [1.165, 1.54) is 5.56 Å². The second-order valence-electron chi connectivity index (χ2n) is 6.54. The molecule has 0 radical (unpaired) electrons. The largest absolute Gasteiger partial charge is 0.497 e. The van der Waals surface area contributed by atoms with Crippen molar-refractivity contribution in [3.8, 4) is 5.75 Å². The van der Waals surface area contributed by atoms with E-state index in [0.717, 1.165) is 48.5 Å². The minimum absolute atomic E-state index is 0.0970. The molecule has 3 rings (SSSR count). The fourth-order valence-corrected chi connectivity index (χ4v) is 3.37. The quantitative estimate of drug-likeness (QED) is 0.650. The molecule has 0 saturated carbocycles. The Morgan fingerprint density at radius 2 is 1.57 bits per heavy atom. The molecule has 0 bridgehead atoms. The zero-order valence-electron chi connectivity index (χ0n) is 16.5. The Balaban J connectivity index is 0.000000469. The van der Waals surface area contributed by atoms with Crippen LogP contribution in [0.2, 0.25) is 0 Å². The van der Waals surface area contributed by atoms with Crippen LogP contribution >= 0.6 is 15.9 Å². The molecule has 1 aliphatic heterocycles. The van der Waals surface area contributed by atoms with E-state index in [4.69, 9.17) is 24.5 Å². The molecule has 1 fully saturated rings. The van der Waals surface area contributed by atoms with Crippen LogP contribution in [0.15, 0.2) is 53.0 Å². The number of rotatable bonds is 4. The summed E-state index contributed by atoms with van der Waals surface area (Å²) in [5.41, 5.74) is 2.01. The van der Waals surface area contributed by atoms with Gasteiger partial charge in [0, 0.05) is 42.8 Å². The second-order valence-corrected chi connectivity index (χ2v) is 7.45. The Labute approximate surface area is 182 Å². The lowest BCUT2D eigenvalue weighted by Gasteiger charge is -2.34. The van der Waals surface area contributed by atoms with Crippen molar-refractivity contribution in [1.29, 1.82) is 0 Å². The van der Waals surface area contributed by atoms with Gasteiger partial charge in [0.05, 0.1) is 7.11 Å². The summed E-state index contributed by atoms with van der Waals surface area (Å²) in [6.45, 7) is 4.24. The second kappa shape index (κ2) is 11.3. The number of methoxy groups -OCH3 is 1. The van der Waals surface area contributed by atoms with Gasteiger partial charge >= 0.3 is 11.9 Å². The highest BCUT2D eigenvalue weighted by Gasteiger charge is 2.22. The van der Waals surface area contributed by atoms with Gasteiger partial charge in [0.2, 0.25) is 0 Å². The van der Waals surface area contributed by atoms with E-state index in [2.05, 4.69) is 39.0 Å². The Hall–Kier alpha value is -2.91. The molecule has 160 valence electrons. The van der Waals surface area contributed by atoms with Crippen molar-refractivity contribution in [2.45, 2.75) is 6.54 Å². The third-order valence-electron chi connectivity index (χ3n) is 4.47. The molecule has 0 atom stereocenters. The van der Waals surface area contributed by atoms with Crippen LogP contribution < -0.4 is 4.74 Å². The predicted octanol–water partition coefficient (Wildman–Crippen LogP) is 2.57. The van der Waals surface area contributed by atoms with Gasteiger partial charge in [-0.2, -0.15) is 0 Å². The summed E-state index contributed by atoms with van der Waals surface area (Å²) < 4.78 is 6.24. The number of carbonyl (C=O) groups excluding carboxylic acids is 1. The number of benzene rings is 2. The Bertz CT molecular complexity index is 867. The summed E-state index contributed by atoms with van der Waals surface area (Å²) in [5.74, 6) is -2.78. The van der Waals surface area contributed by atoms with E-state index in [1.54, 1.807) is 7.11 Å². The van der Waals surface area contributed by atoms with E-state index in [1.807, 2.05) is 35.2 Å². The standard InChI is InChI=1S/C19H21BrN2O2.C2H2O4/c1-24-18-7-5-16(6-8-18)19(23)22-11-9-21(10-12-22)14-15-3-2-4-17(20)13-15;3-1(4)2(5)6/h2-8,13H,9-12,14H2,1H3;(H,3,4)(H,5,6). The van der Waals surface area contributed by atoms with Crippen LogP contribution in [0, 0.1) is 0 Å². The van der Waals surface area contributed by atoms with Crippen molar-refractivity contribution >= 4 is 33.8 Å². The van der Waals surface area contributed by atoms with Crippen molar-refractivity contribution in [2.75, 3.05) is 33.3 Å². The summed E-state index contributed by atoms with van der Waals surface area (Å²) in [4.78, 5) is 35.1. The summed E-state index contributed by atoms with van der Waals surface area (Å²) in [6, 6.07) is 15.7. The molecule has 8 nitrogen and oxygen atoms in total. The minimum Gasteiger partial charge on any atom is -0.497 e. The highest BCUT2D eigenvalue weighted by Crippen LogP contribution is 2.17. The molecule has 1 amide bonds. The van der Waals surface area contributed by atoms with E-state index in [9.17, 15) is 4.79 Å². The fourth-order valence-electron chi connectivity index (χ4n) is 2.92. The number of hydrogen-bond donors (Lipinski definition) is 2. The third-order valence-corrected chi connectivity index (χ3v) is 4.97.